The summed E-state index contributed by atoms with van der Waals surface area (Å²) in [4.78, 5) is 14.1. The minimum atomic E-state index is -4.47. The zero-order valence-electron chi connectivity index (χ0n) is 13.5. The second-order valence-electron chi connectivity index (χ2n) is 5.68. The van der Waals surface area contributed by atoms with Crippen LogP contribution in [0.2, 0.25) is 0 Å². The van der Waals surface area contributed by atoms with E-state index in [4.69, 9.17) is 0 Å². The van der Waals surface area contributed by atoms with E-state index < -0.39 is 17.6 Å². The van der Waals surface area contributed by atoms with Crippen molar-refractivity contribution in [2.75, 3.05) is 20.6 Å². The molecule has 2 rings (SSSR count). The van der Waals surface area contributed by atoms with Gasteiger partial charge in [-0.1, -0.05) is 36.4 Å². The zero-order chi connectivity index (χ0) is 17.7. The van der Waals surface area contributed by atoms with E-state index in [1.54, 1.807) is 0 Å². The van der Waals surface area contributed by atoms with Crippen molar-refractivity contribution in [2.45, 2.75) is 12.2 Å². The maximum absolute atomic E-state index is 12.7. The van der Waals surface area contributed by atoms with Gasteiger partial charge in [-0.05, 0) is 37.9 Å². The molecular weight excluding hydrogens is 317 g/mol. The minimum absolute atomic E-state index is 0.00427. The van der Waals surface area contributed by atoms with Crippen molar-refractivity contribution in [3.05, 3.63) is 71.3 Å². The van der Waals surface area contributed by atoms with Gasteiger partial charge in [0.2, 0.25) is 0 Å². The van der Waals surface area contributed by atoms with Crippen LogP contribution >= 0.6 is 0 Å². The first-order valence-electron chi connectivity index (χ1n) is 7.46. The molecule has 1 atom stereocenters. The van der Waals surface area contributed by atoms with Crippen LogP contribution in [-0.2, 0) is 6.18 Å². The lowest BCUT2D eigenvalue weighted by molar-refractivity contribution is -0.137. The molecule has 0 fully saturated rings. The highest BCUT2D eigenvalue weighted by Gasteiger charge is 2.30. The second-order valence-corrected chi connectivity index (χ2v) is 5.68. The first kappa shape index (κ1) is 18.0. The smallest absolute Gasteiger partial charge is 0.350 e. The van der Waals surface area contributed by atoms with Gasteiger partial charge in [0.1, 0.15) is 0 Å². The molecule has 0 saturated carbocycles. The molecule has 0 bridgehead atoms. The summed E-state index contributed by atoms with van der Waals surface area (Å²) in [6.07, 6.45) is -4.47. The number of nitrogens with one attached hydrogen (secondary N) is 1. The molecule has 0 heterocycles. The van der Waals surface area contributed by atoms with E-state index in [-0.39, 0.29) is 11.6 Å². The van der Waals surface area contributed by atoms with Crippen LogP contribution in [-0.4, -0.2) is 31.4 Å². The van der Waals surface area contributed by atoms with E-state index in [1.807, 2.05) is 49.3 Å². The number of rotatable bonds is 5. The van der Waals surface area contributed by atoms with Gasteiger partial charge in [0.15, 0.2) is 0 Å². The SMILES string of the molecule is CN(C)C(CNC(=O)c1cccc(C(F)(F)F)c1)c1ccccc1. The van der Waals surface area contributed by atoms with E-state index in [1.165, 1.54) is 12.1 Å². The number of hydrogen-bond acceptors (Lipinski definition) is 2. The number of carbonyl (C=O) groups excluding carboxylic acids is 1. The number of nitrogens with zero attached hydrogens (tertiary/aromatic N) is 1. The van der Waals surface area contributed by atoms with Gasteiger partial charge in [0, 0.05) is 12.1 Å². The topological polar surface area (TPSA) is 32.3 Å². The number of halogens is 3. The summed E-state index contributed by atoms with van der Waals surface area (Å²) >= 11 is 0. The zero-order valence-corrected chi connectivity index (χ0v) is 13.5. The lowest BCUT2D eigenvalue weighted by atomic mass is 10.1. The number of amides is 1. The van der Waals surface area contributed by atoms with Crippen LogP contribution in [0.3, 0.4) is 0 Å². The van der Waals surface area contributed by atoms with E-state index in [0.29, 0.717) is 6.54 Å². The summed E-state index contributed by atoms with van der Waals surface area (Å²) < 4.78 is 38.2. The highest BCUT2D eigenvalue weighted by Crippen LogP contribution is 2.29. The van der Waals surface area contributed by atoms with E-state index in [0.717, 1.165) is 17.7 Å². The molecule has 6 heteroatoms. The summed E-state index contributed by atoms with van der Waals surface area (Å²) in [7, 11) is 3.77. The Morgan fingerprint density at radius 3 is 2.33 bits per heavy atom. The standard InChI is InChI=1S/C18H19F3N2O/c1-23(2)16(13-7-4-3-5-8-13)12-22-17(24)14-9-6-10-15(11-14)18(19,20)21/h3-11,16H,12H2,1-2H3,(H,22,24). The van der Waals surface area contributed by atoms with Gasteiger partial charge in [-0.25, -0.2) is 0 Å². The fourth-order valence-corrected chi connectivity index (χ4v) is 2.40. The van der Waals surface area contributed by atoms with Crippen molar-refractivity contribution >= 4 is 5.91 Å². The summed E-state index contributed by atoms with van der Waals surface area (Å²) in [5, 5.41) is 2.71. The minimum Gasteiger partial charge on any atom is -0.350 e. The Morgan fingerprint density at radius 1 is 1.08 bits per heavy atom. The Hall–Kier alpha value is -2.34. The molecule has 0 aliphatic rings. The van der Waals surface area contributed by atoms with Crippen molar-refractivity contribution in [2.24, 2.45) is 0 Å². The molecule has 0 saturated heterocycles. The number of hydrogen-bond donors (Lipinski definition) is 1. The van der Waals surface area contributed by atoms with Crippen LogP contribution in [0, 0.1) is 0 Å². The molecule has 24 heavy (non-hydrogen) atoms. The number of alkyl halides is 3. The first-order chi connectivity index (χ1) is 11.3. The molecule has 1 N–H and O–H groups in total. The van der Waals surface area contributed by atoms with Crippen LogP contribution < -0.4 is 5.32 Å². The third-order valence-electron chi connectivity index (χ3n) is 3.72. The molecule has 2 aromatic carbocycles. The molecule has 1 unspecified atom stereocenters. The maximum atomic E-state index is 12.7. The van der Waals surface area contributed by atoms with Crippen molar-refractivity contribution in [3.8, 4) is 0 Å². The van der Waals surface area contributed by atoms with Crippen LogP contribution in [0.4, 0.5) is 13.2 Å². The number of likely N-dealkylation sites (N-methyl/N-ethyl adjacent to an activating group) is 1. The maximum Gasteiger partial charge on any atom is 0.416 e. The molecule has 0 aliphatic heterocycles. The lowest BCUT2D eigenvalue weighted by Crippen LogP contribution is -2.34. The van der Waals surface area contributed by atoms with Gasteiger partial charge in [-0.15, -0.1) is 0 Å². The molecule has 3 nitrogen and oxygen atoms in total. The van der Waals surface area contributed by atoms with Crippen LogP contribution in [0.15, 0.2) is 54.6 Å². The molecule has 1 amide bonds. The first-order valence-corrected chi connectivity index (χ1v) is 7.46. The highest BCUT2D eigenvalue weighted by molar-refractivity contribution is 5.94. The third kappa shape index (κ3) is 4.58. The average molecular weight is 336 g/mol. The van der Waals surface area contributed by atoms with E-state index >= 15 is 0 Å². The van der Waals surface area contributed by atoms with Gasteiger partial charge in [-0.2, -0.15) is 13.2 Å². The van der Waals surface area contributed by atoms with Gasteiger partial charge in [-0.3, -0.25) is 4.79 Å². The summed E-state index contributed by atoms with van der Waals surface area (Å²) in [5.74, 6) is -0.524. The van der Waals surface area contributed by atoms with E-state index in [9.17, 15) is 18.0 Å². The van der Waals surface area contributed by atoms with Crippen molar-refractivity contribution in [1.82, 2.24) is 10.2 Å². The number of benzene rings is 2. The predicted octanol–water partition coefficient (Wildman–Crippen LogP) is 3.74. The molecule has 0 aromatic heterocycles. The summed E-state index contributed by atoms with van der Waals surface area (Å²) in [6, 6.07) is 13.9. The summed E-state index contributed by atoms with van der Waals surface area (Å²) in [6.45, 7) is 0.298. The molecule has 0 radical (unpaired) electrons. The molecule has 0 aliphatic carbocycles. The van der Waals surface area contributed by atoms with Gasteiger partial charge in [0.05, 0.1) is 11.6 Å². The molecular formula is C18H19F3N2O. The lowest BCUT2D eigenvalue weighted by Gasteiger charge is -2.25. The molecule has 0 spiro atoms. The van der Waals surface area contributed by atoms with Gasteiger partial charge in [0.25, 0.3) is 5.91 Å². The Balaban J connectivity index is 2.09. The molecule has 128 valence electrons. The third-order valence-corrected chi connectivity index (χ3v) is 3.72. The Bertz CT molecular complexity index is 684. The highest BCUT2D eigenvalue weighted by atomic mass is 19.4. The van der Waals surface area contributed by atoms with E-state index in [2.05, 4.69) is 5.32 Å². The van der Waals surface area contributed by atoms with Gasteiger partial charge < -0.3 is 10.2 Å². The quantitative estimate of drug-likeness (QED) is 0.902. The fraction of sp³-hybridized carbons (Fsp3) is 0.278. The Kier molecular flexibility index (Phi) is 5.62. The summed E-state index contributed by atoms with van der Waals surface area (Å²) in [5.41, 5.74) is 0.185. The van der Waals surface area contributed by atoms with Gasteiger partial charge >= 0.3 is 6.18 Å². The van der Waals surface area contributed by atoms with Crippen molar-refractivity contribution in [3.63, 3.8) is 0 Å². The van der Waals surface area contributed by atoms with Crippen LogP contribution in [0.25, 0.3) is 0 Å². The second kappa shape index (κ2) is 7.49. The monoisotopic (exact) mass is 336 g/mol. The largest absolute Gasteiger partial charge is 0.416 e. The van der Waals surface area contributed by atoms with Crippen LogP contribution in [0.1, 0.15) is 27.5 Å². The van der Waals surface area contributed by atoms with Crippen molar-refractivity contribution in [1.29, 1.82) is 0 Å². The number of carbonyl (C=O) groups is 1. The molecule has 2 aromatic rings. The normalized spacial score (nSPS) is 12.9. The fourth-order valence-electron chi connectivity index (χ4n) is 2.40. The Labute approximate surface area is 139 Å². The predicted molar refractivity (Wildman–Crippen MR) is 86.6 cm³/mol. The van der Waals surface area contributed by atoms with Crippen LogP contribution in [0.5, 0.6) is 0 Å². The van der Waals surface area contributed by atoms with Crippen molar-refractivity contribution < 1.29 is 18.0 Å². The average Bonchev–Trinajstić information content (AvgIpc) is 2.55. The Morgan fingerprint density at radius 2 is 1.75 bits per heavy atom.